The van der Waals surface area contributed by atoms with E-state index in [-0.39, 0.29) is 0 Å². The fourth-order valence-electron chi connectivity index (χ4n) is 1.13. The van der Waals surface area contributed by atoms with Crippen LogP contribution in [0.5, 0.6) is 11.5 Å². The van der Waals surface area contributed by atoms with Gasteiger partial charge in [-0.25, -0.2) is 0 Å². The molecule has 0 bridgehead atoms. The van der Waals surface area contributed by atoms with Crippen molar-refractivity contribution in [2.45, 2.75) is 13.8 Å². The van der Waals surface area contributed by atoms with E-state index >= 15 is 0 Å². The molecule has 0 aliphatic carbocycles. The van der Waals surface area contributed by atoms with Gasteiger partial charge in [-0.05, 0) is 26.0 Å². The first-order chi connectivity index (χ1) is 6.81. The highest BCUT2D eigenvalue weighted by Crippen LogP contribution is 2.28. The highest BCUT2D eigenvalue weighted by atomic mass is 16.5. The third-order valence-corrected chi connectivity index (χ3v) is 1.68. The number of ether oxygens (including phenoxy) is 2. The summed E-state index contributed by atoms with van der Waals surface area (Å²) in [4.78, 5) is 0. The van der Waals surface area contributed by atoms with E-state index in [1.54, 1.807) is 18.2 Å². The Morgan fingerprint density at radius 2 is 1.93 bits per heavy atom. The number of benzene rings is 1. The van der Waals surface area contributed by atoms with Crippen molar-refractivity contribution < 1.29 is 14.7 Å². The molecule has 0 unspecified atom stereocenters. The van der Waals surface area contributed by atoms with E-state index in [4.69, 9.17) is 14.7 Å². The Morgan fingerprint density at radius 1 is 1.21 bits per heavy atom. The third-order valence-electron chi connectivity index (χ3n) is 1.68. The molecule has 14 heavy (non-hydrogen) atoms. The zero-order valence-corrected chi connectivity index (χ0v) is 8.41. The Kier molecular flexibility index (Phi) is 4.07. The highest BCUT2D eigenvalue weighted by Gasteiger charge is 2.03. The van der Waals surface area contributed by atoms with Gasteiger partial charge in [0.25, 0.3) is 0 Å². The van der Waals surface area contributed by atoms with E-state index < -0.39 is 0 Å². The second kappa shape index (κ2) is 5.34. The van der Waals surface area contributed by atoms with Gasteiger partial charge in [-0.3, -0.25) is 10.7 Å². The number of hydrogen-bond acceptors (Lipinski definition) is 4. The minimum absolute atomic E-state index is 0.512. The SMILES string of the molecule is CCOc1ccc(OCC)c(NO)c1. The lowest BCUT2D eigenvalue weighted by atomic mass is 10.3. The van der Waals surface area contributed by atoms with Crippen LogP contribution in [-0.2, 0) is 0 Å². The number of rotatable bonds is 5. The van der Waals surface area contributed by atoms with Crippen LogP contribution in [0.25, 0.3) is 0 Å². The first kappa shape index (κ1) is 10.7. The lowest BCUT2D eigenvalue weighted by molar-refractivity contribution is 0.324. The summed E-state index contributed by atoms with van der Waals surface area (Å²) in [6.45, 7) is 4.95. The summed E-state index contributed by atoms with van der Waals surface area (Å²) < 4.78 is 10.6. The normalized spacial score (nSPS) is 9.64. The molecule has 0 radical (unpaired) electrons. The van der Waals surface area contributed by atoms with Crippen molar-refractivity contribution in [1.29, 1.82) is 0 Å². The van der Waals surface area contributed by atoms with Crippen LogP contribution in [0.4, 0.5) is 5.69 Å². The molecule has 0 saturated carbocycles. The van der Waals surface area contributed by atoms with Gasteiger partial charge in [-0.1, -0.05) is 0 Å². The highest BCUT2D eigenvalue weighted by molar-refractivity contribution is 5.58. The average molecular weight is 197 g/mol. The summed E-state index contributed by atoms with van der Waals surface area (Å²) in [5.74, 6) is 1.31. The standard InChI is InChI=1S/C10H15NO3/c1-3-13-8-5-6-10(14-4-2)9(7-8)11-12/h5-7,11-12H,3-4H2,1-2H3. The molecule has 78 valence electrons. The molecule has 0 aromatic heterocycles. The molecule has 0 aliphatic rings. The molecule has 1 aromatic carbocycles. The van der Waals surface area contributed by atoms with Crippen molar-refractivity contribution >= 4 is 5.69 Å². The van der Waals surface area contributed by atoms with E-state index in [2.05, 4.69) is 5.48 Å². The van der Waals surface area contributed by atoms with Crippen LogP contribution in [0.1, 0.15) is 13.8 Å². The van der Waals surface area contributed by atoms with Crippen LogP contribution >= 0.6 is 0 Å². The summed E-state index contributed by atoms with van der Waals surface area (Å²) in [6.07, 6.45) is 0. The average Bonchev–Trinajstić information content (AvgIpc) is 2.21. The molecule has 0 aliphatic heterocycles. The van der Waals surface area contributed by atoms with Crippen LogP contribution in [0.15, 0.2) is 18.2 Å². The Balaban J connectivity index is 2.87. The van der Waals surface area contributed by atoms with Gasteiger partial charge >= 0.3 is 0 Å². The Hall–Kier alpha value is -1.42. The van der Waals surface area contributed by atoms with Crippen LogP contribution < -0.4 is 15.0 Å². The van der Waals surface area contributed by atoms with Crippen molar-refractivity contribution in [3.8, 4) is 11.5 Å². The lowest BCUT2D eigenvalue weighted by Crippen LogP contribution is -1.99. The minimum Gasteiger partial charge on any atom is -0.494 e. The van der Waals surface area contributed by atoms with E-state index in [0.717, 1.165) is 0 Å². The van der Waals surface area contributed by atoms with Gasteiger partial charge in [0.1, 0.15) is 17.2 Å². The summed E-state index contributed by atoms with van der Waals surface area (Å²) >= 11 is 0. The molecule has 0 saturated heterocycles. The molecule has 0 atom stereocenters. The number of nitrogens with one attached hydrogen (secondary N) is 1. The molecule has 2 N–H and O–H groups in total. The van der Waals surface area contributed by atoms with Crippen LogP contribution in [0.2, 0.25) is 0 Å². The van der Waals surface area contributed by atoms with Gasteiger partial charge in [-0.15, -0.1) is 0 Å². The minimum atomic E-state index is 0.512. The topological polar surface area (TPSA) is 50.7 Å². The predicted octanol–water partition coefficient (Wildman–Crippen LogP) is 2.29. The lowest BCUT2D eigenvalue weighted by Gasteiger charge is -2.10. The molecule has 0 spiro atoms. The van der Waals surface area contributed by atoms with Crippen LogP contribution in [-0.4, -0.2) is 18.4 Å². The monoisotopic (exact) mass is 197 g/mol. The zero-order valence-electron chi connectivity index (χ0n) is 8.41. The van der Waals surface area contributed by atoms with Crippen molar-refractivity contribution in [3.05, 3.63) is 18.2 Å². The second-order valence-corrected chi connectivity index (χ2v) is 2.64. The van der Waals surface area contributed by atoms with Gasteiger partial charge < -0.3 is 9.47 Å². The number of anilines is 1. The second-order valence-electron chi connectivity index (χ2n) is 2.64. The van der Waals surface area contributed by atoms with E-state index in [1.807, 2.05) is 13.8 Å². The van der Waals surface area contributed by atoms with E-state index in [1.165, 1.54) is 0 Å². The molecule has 1 aromatic rings. The van der Waals surface area contributed by atoms with E-state index in [0.29, 0.717) is 30.4 Å². The Bertz CT molecular complexity index is 289. The molecule has 4 nitrogen and oxygen atoms in total. The fraction of sp³-hybridized carbons (Fsp3) is 0.400. The molecule has 1 rings (SSSR count). The van der Waals surface area contributed by atoms with Gasteiger partial charge in [0.2, 0.25) is 0 Å². The maximum Gasteiger partial charge on any atom is 0.144 e. The van der Waals surface area contributed by atoms with Gasteiger partial charge in [0.05, 0.1) is 13.2 Å². The summed E-state index contributed by atoms with van der Waals surface area (Å²) in [5, 5.41) is 8.85. The summed E-state index contributed by atoms with van der Waals surface area (Å²) in [5.41, 5.74) is 2.59. The fourth-order valence-corrected chi connectivity index (χ4v) is 1.13. The summed E-state index contributed by atoms with van der Waals surface area (Å²) in [6, 6.07) is 5.25. The molecule has 0 fully saturated rings. The predicted molar refractivity (Wildman–Crippen MR) is 54.2 cm³/mol. The quantitative estimate of drug-likeness (QED) is 0.711. The van der Waals surface area contributed by atoms with Crippen molar-refractivity contribution in [2.75, 3.05) is 18.7 Å². The largest absolute Gasteiger partial charge is 0.494 e. The van der Waals surface area contributed by atoms with Crippen molar-refractivity contribution in [2.24, 2.45) is 0 Å². The van der Waals surface area contributed by atoms with Crippen LogP contribution in [0, 0.1) is 0 Å². The molecule has 4 heteroatoms. The zero-order chi connectivity index (χ0) is 10.4. The van der Waals surface area contributed by atoms with Crippen LogP contribution in [0.3, 0.4) is 0 Å². The first-order valence-corrected chi connectivity index (χ1v) is 4.61. The Labute approximate surface area is 83.4 Å². The molecule has 0 heterocycles. The molecular formula is C10H15NO3. The maximum absolute atomic E-state index is 8.85. The van der Waals surface area contributed by atoms with Crippen molar-refractivity contribution in [1.82, 2.24) is 0 Å². The molecular weight excluding hydrogens is 182 g/mol. The summed E-state index contributed by atoms with van der Waals surface area (Å²) in [7, 11) is 0. The smallest absolute Gasteiger partial charge is 0.144 e. The maximum atomic E-state index is 8.85. The third kappa shape index (κ3) is 2.53. The number of hydrogen-bond donors (Lipinski definition) is 2. The van der Waals surface area contributed by atoms with E-state index in [9.17, 15) is 0 Å². The van der Waals surface area contributed by atoms with Gasteiger partial charge in [0.15, 0.2) is 0 Å². The van der Waals surface area contributed by atoms with Gasteiger partial charge in [0, 0.05) is 6.07 Å². The Morgan fingerprint density at radius 3 is 2.50 bits per heavy atom. The van der Waals surface area contributed by atoms with Gasteiger partial charge in [-0.2, -0.15) is 0 Å². The first-order valence-electron chi connectivity index (χ1n) is 4.61. The molecule has 0 amide bonds. The van der Waals surface area contributed by atoms with Crippen molar-refractivity contribution in [3.63, 3.8) is 0 Å².